The maximum absolute atomic E-state index is 13.4. The number of nitrogens with one attached hydrogen (secondary N) is 1. The second-order valence-corrected chi connectivity index (χ2v) is 5.45. The minimum absolute atomic E-state index is 0.00642. The van der Waals surface area contributed by atoms with E-state index in [9.17, 15) is 17.2 Å². The van der Waals surface area contributed by atoms with E-state index in [1.165, 1.54) is 6.33 Å². The van der Waals surface area contributed by atoms with E-state index in [1.807, 2.05) is 0 Å². The predicted molar refractivity (Wildman–Crippen MR) is 63.8 cm³/mol. The second kappa shape index (κ2) is 5.45. The quantitative estimate of drug-likeness (QED) is 0.897. The van der Waals surface area contributed by atoms with E-state index < -0.39 is 26.6 Å². The summed E-state index contributed by atoms with van der Waals surface area (Å²) in [6.45, 7) is 0.321. The summed E-state index contributed by atoms with van der Waals surface area (Å²) < 4.78 is 54.1. The summed E-state index contributed by atoms with van der Waals surface area (Å²) in [5, 5.41) is 0. The zero-order chi connectivity index (χ0) is 13.9. The van der Waals surface area contributed by atoms with Gasteiger partial charge in [0, 0.05) is 25.5 Å². The Labute approximate surface area is 108 Å². The van der Waals surface area contributed by atoms with E-state index in [2.05, 4.69) is 9.71 Å². The fraction of sp³-hybridized carbons (Fsp3) is 0.182. The summed E-state index contributed by atoms with van der Waals surface area (Å²) in [5.41, 5.74) is 0. The molecule has 1 aromatic carbocycles. The Bertz CT molecular complexity index is 636. The van der Waals surface area contributed by atoms with E-state index in [0.29, 0.717) is 6.54 Å². The molecule has 0 saturated heterocycles. The van der Waals surface area contributed by atoms with Crippen LogP contribution in [0.1, 0.15) is 0 Å². The molecule has 0 aliphatic rings. The van der Waals surface area contributed by atoms with Crippen molar-refractivity contribution in [2.75, 3.05) is 6.54 Å². The standard InChI is InChI=1S/C11H11F2N3O2S/c12-9-2-1-3-10(13)11(9)19(17,18)15-5-7-16-6-4-14-8-16/h1-4,6,8,15H,5,7H2. The lowest BCUT2D eigenvalue weighted by Gasteiger charge is -2.08. The smallest absolute Gasteiger partial charge is 0.246 e. The minimum Gasteiger partial charge on any atom is -0.336 e. The van der Waals surface area contributed by atoms with Gasteiger partial charge in [0.1, 0.15) is 11.6 Å². The molecule has 0 radical (unpaired) electrons. The van der Waals surface area contributed by atoms with Crippen LogP contribution in [0.3, 0.4) is 0 Å². The Morgan fingerprint density at radius 1 is 1.26 bits per heavy atom. The Balaban J connectivity index is 2.10. The first-order chi connectivity index (χ1) is 9.00. The summed E-state index contributed by atoms with van der Waals surface area (Å²) in [6, 6.07) is 2.90. The fourth-order valence-electron chi connectivity index (χ4n) is 1.54. The molecule has 0 amide bonds. The van der Waals surface area contributed by atoms with Gasteiger partial charge < -0.3 is 4.57 Å². The molecule has 2 rings (SSSR count). The fourth-order valence-corrected chi connectivity index (χ4v) is 2.69. The molecule has 0 saturated carbocycles. The lowest BCUT2D eigenvalue weighted by atomic mass is 10.3. The van der Waals surface area contributed by atoms with Crippen LogP contribution in [0.25, 0.3) is 0 Å². The minimum atomic E-state index is -4.21. The van der Waals surface area contributed by atoms with Crippen LogP contribution in [0.5, 0.6) is 0 Å². The molecule has 8 heteroatoms. The molecule has 1 aromatic heterocycles. The Morgan fingerprint density at radius 3 is 2.53 bits per heavy atom. The van der Waals surface area contributed by atoms with Crippen LogP contribution in [0.15, 0.2) is 41.8 Å². The van der Waals surface area contributed by atoms with Crippen molar-refractivity contribution in [3.05, 3.63) is 48.6 Å². The molecule has 0 bridgehead atoms. The number of sulfonamides is 1. The molecule has 0 unspecified atom stereocenters. The van der Waals surface area contributed by atoms with E-state index in [-0.39, 0.29) is 6.54 Å². The highest BCUT2D eigenvalue weighted by atomic mass is 32.2. The number of benzene rings is 1. The van der Waals surface area contributed by atoms with Crippen LogP contribution in [0, 0.1) is 11.6 Å². The number of aromatic nitrogens is 2. The summed E-state index contributed by atoms with van der Waals surface area (Å²) in [5.74, 6) is -2.23. The molecule has 19 heavy (non-hydrogen) atoms. The number of hydrogen-bond acceptors (Lipinski definition) is 3. The molecular weight excluding hydrogens is 276 g/mol. The van der Waals surface area contributed by atoms with Crippen LogP contribution in [0.2, 0.25) is 0 Å². The van der Waals surface area contributed by atoms with Crippen molar-refractivity contribution in [2.45, 2.75) is 11.4 Å². The third-order valence-electron chi connectivity index (χ3n) is 2.41. The van der Waals surface area contributed by atoms with Gasteiger partial charge in [0.2, 0.25) is 10.0 Å². The van der Waals surface area contributed by atoms with E-state index in [1.54, 1.807) is 17.0 Å². The summed E-state index contributed by atoms with van der Waals surface area (Å²) in [6.07, 6.45) is 4.71. The van der Waals surface area contributed by atoms with E-state index in [4.69, 9.17) is 0 Å². The summed E-state index contributed by atoms with van der Waals surface area (Å²) in [4.78, 5) is 2.83. The van der Waals surface area contributed by atoms with E-state index >= 15 is 0 Å². The van der Waals surface area contributed by atoms with Crippen molar-refractivity contribution in [2.24, 2.45) is 0 Å². The normalized spacial score (nSPS) is 11.7. The van der Waals surface area contributed by atoms with Crippen molar-refractivity contribution in [3.8, 4) is 0 Å². The van der Waals surface area contributed by atoms with Gasteiger partial charge in [-0.2, -0.15) is 0 Å². The molecule has 0 atom stereocenters. The lowest BCUT2D eigenvalue weighted by molar-refractivity contribution is 0.512. The first-order valence-electron chi connectivity index (χ1n) is 5.40. The van der Waals surface area contributed by atoms with Crippen LogP contribution in [-0.4, -0.2) is 24.5 Å². The summed E-state index contributed by atoms with van der Waals surface area (Å²) in [7, 11) is -4.21. The van der Waals surface area contributed by atoms with Gasteiger partial charge in [0.15, 0.2) is 4.90 Å². The van der Waals surface area contributed by atoms with Gasteiger partial charge in [-0.25, -0.2) is 26.9 Å². The van der Waals surface area contributed by atoms with Crippen LogP contribution in [-0.2, 0) is 16.6 Å². The highest BCUT2D eigenvalue weighted by Crippen LogP contribution is 2.17. The summed E-state index contributed by atoms with van der Waals surface area (Å²) >= 11 is 0. The van der Waals surface area contributed by atoms with Crippen LogP contribution in [0.4, 0.5) is 8.78 Å². The number of nitrogens with zero attached hydrogens (tertiary/aromatic N) is 2. The molecule has 0 aliphatic heterocycles. The molecule has 1 N–H and O–H groups in total. The van der Waals surface area contributed by atoms with Crippen molar-refractivity contribution in [3.63, 3.8) is 0 Å². The Hall–Kier alpha value is -1.80. The molecule has 2 aromatic rings. The van der Waals surface area contributed by atoms with Crippen molar-refractivity contribution in [1.29, 1.82) is 0 Å². The third kappa shape index (κ3) is 3.15. The SMILES string of the molecule is O=S(=O)(NCCn1ccnc1)c1c(F)cccc1F. The largest absolute Gasteiger partial charge is 0.336 e. The zero-order valence-electron chi connectivity index (χ0n) is 9.75. The monoisotopic (exact) mass is 287 g/mol. The van der Waals surface area contributed by atoms with Crippen molar-refractivity contribution in [1.82, 2.24) is 14.3 Å². The van der Waals surface area contributed by atoms with Gasteiger partial charge in [-0.3, -0.25) is 0 Å². The second-order valence-electron chi connectivity index (χ2n) is 3.75. The Morgan fingerprint density at radius 2 is 1.95 bits per heavy atom. The molecule has 0 fully saturated rings. The molecule has 1 heterocycles. The van der Waals surface area contributed by atoms with Gasteiger partial charge in [0.25, 0.3) is 0 Å². The highest BCUT2D eigenvalue weighted by Gasteiger charge is 2.22. The zero-order valence-corrected chi connectivity index (χ0v) is 10.6. The molecule has 0 aliphatic carbocycles. The lowest BCUT2D eigenvalue weighted by Crippen LogP contribution is -2.28. The highest BCUT2D eigenvalue weighted by molar-refractivity contribution is 7.89. The van der Waals surface area contributed by atoms with Crippen molar-refractivity contribution < 1.29 is 17.2 Å². The van der Waals surface area contributed by atoms with Gasteiger partial charge in [-0.15, -0.1) is 0 Å². The molecule has 5 nitrogen and oxygen atoms in total. The number of rotatable bonds is 5. The first kappa shape index (κ1) is 13.6. The van der Waals surface area contributed by atoms with Gasteiger partial charge >= 0.3 is 0 Å². The number of hydrogen-bond donors (Lipinski definition) is 1. The maximum atomic E-state index is 13.4. The third-order valence-corrected chi connectivity index (χ3v) is 3.92. The van der Waals surface area contributed by atoms with Crippen LogP contribution < -0.4 is 4.72 Å². The average molecular weight is 287 g/mol. The molecule has 102 valence electrons. The van der Waals surface area contributed by atoms with Crippen molar-refractivity contribution >= 4 is 10.0 Å². The number of halogens is 2. The molecule has 0 spiro atoms. The van der Waals surface area contributed by atoms with E-state index in [0.717, 1.165) is 18.2 Å². The maximum Gasteiger partial charge on any atom is 0.246 e. The average Bonchev–Trinajstić information content (AvgIpc) is 2.81. The van der Waals surface area contributed by atoms with Gasteiger partial charge in [-0.05, 0) is 12.1 Å². The Kier molecular flexibility index (Phi) is 3.91. The van der Waals surface area contributed by atoms with Gasteiger partial charge in [0.05, 0.1) is 6.33 Å². The van der Waals surface area contributed by atoms with Crippen LogP contribution >= 0.6 is 0 Å². The van der Waals surface area contributed by atoms with Gasteiger partial charge in [-0.1, -0.05) is 6.07 Å². The molecular formula is C11H11F2N3O2S. The number of imidazole rings is 1. The topological polar surface area (TPSA) is 64.0 Å². The predicted octanol–water partition coefficient (Wildman–Crippen LogP) is 1.14. The first-order valence-corrected chi connectivity index (χ1v) is 6.88.